The Morgan fingerprint density at radius 3 is 2.78 bits per heavy atom. The van der Waals surface area contributed by atoms with Crippen LogP contribution in [0.4, 0.5) is 0 Å². The van der Waals surface area contributed by atoms with E-state index >= 15 is 0 Å². The van der Waals surface area contributed by atoms with Crippen molar-refractivity contribution in [3.8, 4) is 11.3 Å². The smallest absolute Gasteiger partial charge is 0.254 e. The lowest BCUT2D eigenvalue weighted by Gasteiger charge is -2.27. The summed E-state index contributed by atoms with van der Waals surface area (Å²) in [7, 11) is 0. The molecule has 0 radical (unpaired) electrons. The van der Waals surface area contributed by atoms with Crippen LogP contribution < -0.4 is 5.32 Å². The molecule has 1 saturated heterocycles. The topological polar surface area (TPSA) is 97.3 Å². The van der Waals surface area contributed by atoms with Crippen LogP contribution in [0.1, 0.15) is 54.0 Å². The van der Waals surface area contributed by atoms with E-state index in [2.05, 4.69) is 15.3 Å². The molecular formula is C28H30ClN5O3. The first-order valence-corrected chi connectivity index (χ1v) is 12.9. The molecule has 2 aliphatic heterocycles. The fraction of sp³-hybridized carbons (Fsp3) is 0.393. The maximum Gasteiger partial charge on any atom is 0.254 e. The van der Waals surface area contributed by atoms with Gasteiger partial charge in [0.1, 0.15) is 12.4 Å². The van der Waals surface area contributed by atoms with Crippen LogP contribution in [0.3, 0.4) is 0 Å². The van der Waals surface area contributed by atoms with Gasteiger partial charge in [-0.15, -0.1) is 0 Å². The van der Waals surface area contributed by atoms with Crippen LogP contribution in [0.2, 0.25) is 5.02 Å². The molecule has 3 aromatic rings. The summed E-state index contributed by atoms with van der Waals surface area (Å²) in [6, 6.07) is 9.41. The van der Waals surface area contributed by atoms with Gasteiger partial charge in [0.05, 0.1) is 16.3 Å². The van der Waals surface area contributed by atoms with E-state index in [1.54, 1.807) is 23.5 Å². The van der Waals surface area contributed by atoms with Crippen LogP contribution in [0.25, 0.3) is 11.3 Å². The number of carbonyl (C=O) groups is 2. The van der Waals surface area contributed by atoms with Crippen LogP contribution in [0.15, 0.2) is 48.9 Å². The van der Waals surface area contributed by atoms with Crippen molar-refractivity contribution in [3.05, 3.63) is 76.5 Å². The van der Waals surface area contributed by atoms with Gasteiger partial charge in [-0.05, 0) is 55.9 Å². The van der Waals surface area contributed by atoms with E-state index in [9.17, 15) is 9.59 Å². The van der Waals surface area contributed by atoms with E-state index in [4.69, 9.17) is 21.3 Å². The average Bonchev–Trinajstić information content (AvgIpc) is 3.20. The molecule has 5 rings (SSSR count). The molecule has 8 nitrogen and oxygen atoms in total. The lowest BCUT2D eigenvalue weighted by molar-refractivity contribution is -0.123. The lowest BCUT2D eigenvalue weighted by Crippen LogP contribution is -2.46. The second-order valence-electron chi connectivity index (χ2n) is 10.2. The van der Waals surface area contributed by atoms with Crippen molar-refractivity contribution in [2.75, 3.05) is 19.8 Å². The monoisotopic (exact) mass is 519 g/mol. The van der Waals surface area contributed by atoms with Crippen LogP contribution in [0, 0.1) is 5.92 Å². The summed E-state index contributed by atoms with van der Waals surface area (Å²) in [5.41, 5.74) is 3.10. The molecule has 9 heteroatoms. The largest absolute Gasteiger partial charge is 0.381 e. The van der Waals surface area contributed by atoms with Gasteiger partial charge in [0.25, 0.3) is 5.91 Å². The van der Waals surface area contributed by atoms with Gasteiger partial charge in [0, 0.05) is 55.9 Å². The summed E-state index contributed by atoms with van der Waals surface area (Å²) >= 11 is 6.47. The first-order valence-electron chi connectivity index (χ1n) is 12.5. The third-order valence-electron chi connectivity index (χ3n) is 7.04. The van der Waals surface area contributed by atoms with Crippen LogP contribution in [-0.4, -0.2) is 51.4 Å². The van der Waals surface area contributed by atoms with Crippen LogP contribution in [-0.2, 0) is 28.0 Å². The maximum absolute atomic E-state index is 13.2. The Balaban J connectivity index is 1.29. The first-order chi connectivity index (χ1) is 17.8. The van der Waals surface area contributed by atoms with E-state index in [0.717, 1.165) is 55.0 Å². The first kappa shape index (κ1) is 25.3. The quantitative estimate of drug-likeness (QED) is 0.503. The summed E-state index contributed by atoms with van der Waals surface area (Å²) < 4.78 is 5.45. The molecule has 192 valence electrons. The molecule has 4 heterocycles. The SMILES string of the molecule is CC(C)(NC(=O)CN1Cc2ccc(-c3nc(CC4CCOCC4)ncc3Cl)cc2C1=O)c1cccnc1. The number of hydrogen-bond donors (Lipinski definition) is 1. The van der Waals surface area contributed by atoms with Crippen LogP contribution >= 0.6 is 11.6 Å². The fourth-order valence-corrected chi connectivity index (χ4v) is 5.12. The number of benzene rings is 1. The highest BCUT2D eigenvalue weighted by atomic mass is 35.5. The molecule has 2 amide bonds. The highest BCUT2D eigenvalue weighted by Gasteiger charge is 2.31. The lowest BCUT2D eigenvalue weighted by atomic mass is 9.96. The third kappa shape index (κ3) is 5.65. The molecule has 1 N–H and O–H groups in total. The minimum absolute atomic E-state index is 0.0317. The second kappa shape index (κ2) is 10.6. The summed E-state index contributed by atoms with van der Waals surface area (Å²) in [5.74, 6) is 0.825. The summed E-state index contributed by atoms with van der Waals surface area (Å²) in [4.78, 5) is 40.9. The molecule has 1 aromatic carbocycles. The molecule has 1 fully saturated rings. The Kier molecular flexibility index (Phi) is 7.22. The predicted molar refractivity (Wildman–Crippen MR) is 140 cm³/mol. The number of ether oxygens (including phenoxy) is 1. The minimum atomic E-state index is -0.611. The normalized spacial score (nSPS) is 16.1. The fourth-order valence-electron chi connectivity index (χ4n) is 4.92. The Bertz CT molecular complexity index is 1310. The van der Waals surface area contributed by atoms with Crippen molar-refractivity contribution >= 4 is 23.4 Å². The number of nitrogens with zero attached hydrogens (tertiary/aromatic N) is 4. The van der Waals surface area contributed by atoms with E-state index < -0.39 is 5.54 Å². The standard InChI is InChI=1S/C28H30ClN5O3/c1-28(2,21-4-3-9-30-14-21)33-25(35)17-34-16-20-6-5-19(13-22(20)27(34)36)26-23(29)15-31-24(32-26)12-18-7-10-37-11-8-18/h3-6,9,13-15,18H,7-8,10-12,16-17H2,1-2H3,(H,33,35). The Morgan fingerprint density at radius 1 is 1.22 bits per heavy atom. The van der Waals surface area contributed by atoms with E-state index in [0.29, 0.717) is 28.7 Å². The minimum Gasteiger partial charge on any atom is -0.381 e. The molecule has 0 unspecified atom stereocenters. The number of pyridine rings is 1. The molecular weight excluding hydrogens is 490 g/mol. The van der Waals surface area contributed by atoms with Crippen molar-refractivity contribution in [1.29, 1.82) is 0 Å². The Hall–Kier alpha value is -3.36. The number of amides is 2. The van der Waals surface area contributed by atoms with E-state index in [-0.39, 0.29) is 18.4 Å². The number of aromatic nitrogens is 3. The highest BCUT2D eigenvalue weighted by molar-refractivity contribution is 6.32. The molecule has 37 heavy (non-hydrogen) atoms. The molecule has 2 aromatic heterocycles. The summed E-state index contributed by atoms with van der Waals surface area (Å²) in [6.07, 6.45) is 7.82. The van der Waals surface area contributed by atoms with Gasteiger partial charge in [-0.2, -0.15) is 0 Å². The molecule has 0 bridgehead atoms. The highest BCUT2D eigenvalue weighted by Crippen LogP contribution is 2.31. The van der Waals surface area contributed by atoms with Crippen molar-refractivity contribution in [2.24, 2.45) is 5.92 Å². The third-order valence-corrected chi connectivity index (χ3v) is 7.31. The number of hydrogen-bond acceptors (Lipinski definition) is 6. The van der Waals surface area contributed by atoms with Crippen LogP contribution in [0.5, 0.6) is 0 Å². The number of halogens is 1. The van der Waals surface area contributed by atoms with Crippen molar-refractivity contribution < 1.29 is 14.3 Å². The van der Waals surface area contributed by atoms with Crippen molar-refractivity contribution in [2.45, 2.75) is 45.2 Å². The molecule has 0 saturated carbocycles. The molecule has 0 atom stereocenters. The number of nitrogens with one attached hydrogen (secondary N) is 1. The van der Waals surface area contributed by atoms with Gasteiger partial charge in [-0.25, -0.2) is 9.97 Å². The molecule has 2 aliphatic rings. The second-order valence-corrected chi connectivity index (χ2v) is 10.6. The maximum atomic E-state index is 13.2. The zero-order valence-corrected chi connectivity index (χ0v) is 21.8. The van der Waals surface area contributed by atoms with Gasteiger partial charge in [-0.3, -0.25) is 14.6 Å². The van der Waals surface area contributed by atoms with E-state index in [1.165, 1.54) is 0 Å². The average molecular weight is 520 g/mol. The molecule has 0 spiro atoms. The Morgan fingerprint density at radius 2 is 2.03 bits per heavy atom. The van der Waals surface area contributed by atoms with Gasteiger partial charge in [-0.1, -0.05) is 29.8 Å². The van der Waals surface area contributed by atoms with Gasteiger partial charge >= 0.3 is 0 Å². The summed E-state index contributed by atoms with van der Waals surface area (Å²) in [5, 5.41) is 3.46. The van der Waals surface area contributed by atoms with E-state index in [1.807, 2.05) is 44.2 Å². The number of carbonyl (C=O) groups excluding carboxylic acids is 2. The zero-order valence-electron chi connectivity index (χ0n) is 21.0. The van der Waals surface area contributed by atoms with Gasteiger partial charge in [0.15, 0.2) is 0 Å². The van der Waals surface area contributed by atoms with Crippen molar-refractivity contribution in [3.63, 3.8) is 0 Å². The summed E-state index contributed by atoms with van der Waals surface area (Å²) in [6.45, 7) is 5.71. The number of rotatable bonds is 7. The predicted octanol–water partition coefficient (Wildman–Crippen LogP) is 4.17. The zero-order chi connectivity index (χ0) is 26.0. The molecule has 0 aliphatic carbocycles. The van der Waals surface area contributed by atoms with Crippen molar-refractivity contribution in [1.82, 2.24) is 25.2 Å². The number of fused-ring (bicyclic) bond motifs is 1. The Labute approximate surface area is 221 Å². The van der Waals surface area contributed by atoms with Gasteiger partial charge < -0.3 is 15.0 Å². The van der Waals surface area contributed by atoms with Gasteiger partial charge in [0.2, 0.25) is 5.91 Å².